The number of thiazole rings is 1. The Morgan fingerprint density at radius 1 is 1.08 bits per heavy atom. The molecular formula is C18H20FN5S2. The van der Waals surface area contributed by atoms with E-state index in [-0.39, 0.29) is 5.82 Å². The maximum absolute atomic E-state index is 13.1. The van der Waals surface area contributed by atoms with Crippen LogP contribution in [-0.4, -0.2) is 45.4 Å². The fourth-order valence-corrected chi connectivity index (χ4v) is 4.57. The lowest BCUT2D eigenvalue weighted by molar-refractivity contribution is 0.247. The molecule has 1 aliphatic heterocycles. The van der Waals surface area contributed by atoms with Gasteiger partial charge in [-0.15, -0.1) is 11.3 Å². The second-order valence-corrected chi connectivity index (χ2v) is 7.85. The van der Waals surface area contributed by atoms with E-state index in [1.807, 2.05) is 0 Å². The molecule has 2 aromatic heterocycles. The zero-order chi connectivity index (χ0) is 17.9. The van der Waals surface area contributed by atoms with Gasteiger partial charge in [0.05, 0.1) is 5.69 Å². The molecule has 5 nitrogen and oxygen atoms in total. The van der Waals surface area contributed by atoms with Crippen molar-refractivity contribution >= 4 is 28.0 Å². The van der Waals surface area contributed by atoms with Crippen LogP contribution in [0.2, 0.25) is 0 Å². The Kier molecular flexibility index (Phi) is 5.23. The van der Waals surface area contributed by atoms with Crippen molar-refractivity contribution in [1.82, 2.24) is 19.2 Å². The van der Waals surface area contributed by atoms with E-state index in [1.54, 1.807) is 23.5 Å². The molecule has 0 aliphatic carbocycles. The number of halogens is 1. The van der Waals surface area contributed by atoms with Crippen LogP contribution in [0.15, 0.2) is 29.6 Å². The van der Waals surface area contributed by atoms with Crippen LogP contribution in [-0.2, 0) is 13.0 Å². The van der Waals surface area contributed by atoms with E-state index < -0.39 is 0 Å². The molecule has 0 N–H and O–H groups in total. The fourth-order valence-electron chi connectivity index (χ4n) is 2.95. The number of anilines is 1. The molecule has 1 aliphatic rings. The predicted octanol–water partition coefficient (Wildman–Crippen LogP) is 3.69. The number of hydrogen-bond acceptors (Lipinski definition) is 7. The van der Waals surface area contributed by atoms with Gasteiger partial charge in [-0.2, -0.15) is 4.37 Å². The van der Waals surface area contributed by atoms with E-state index in [2.05, 4.69) is 31.5 Å². The van der Waals surface area contributed by atoms with E-state index in [1.165, 1.54) is 23.7 Å². The summed E-state index contributed by atoms with van der Waals surface area (Å²) in [5.41, 5.74) is 2.04. The maximum Gasteiger partial charge on any atom is 0.205 e. The van der Waals surface area contributed by atoms with Crippen molar-refractivity contribution in [1.29, 1.82) is 0 Å². The first-order chi connectivity index (χ1) is 12.7. The molecule has 3 aromatic rings. The molecular weight excluding hydrogens is 369 g/mol. The standard InChI is InChI=1S/C18H20FN5S2/c1-2-16-21-18(26-22-16)24-9-7-23(8-10-24)11-15-12-25-17(20-15)13-3-5-14(19)6-4-13/h3-6,12H,2,7-11H2,1H3. The van der Waals surface area contributed by atoms with E-state index in [9.17, 15) is 4.39 Å². The number of rotatable bonds is 5. The molecule has 0 atom stereocenters. The lowest BCUT2D eigenvalue weighted by atomic mass is 10.2. The maximum atomic E-state index is 13.1. The fraction of sp³-hybridized carbons (Fsp3) is 0.389. The van der Waals surface area contributed by atoms with Gasteiger partial charge in [-0.25, -0.2) is 14.4 Å². The van der Waals surface area contributed by atoms with Crippen molar-refractivity contribution in [3.05, 3.63) is 47.0 Å². The zero-order valence-corrected chi connectivity index (χ0v) is 16.2. The summed E-state index contributed by atoms with van der Waals surface area (Å²) in [6, 6.07) is 6.52. The molecule has 0 unspecified atom stereocenters. The van der Waals surface area contributed by atoms with Crippen molar-refractivity contribution in [2.45, 2.75) is 19.9 Å². The van der Waals surface area contributed by atoms with Gasteiger partial charge in [-0.3, -0.25) is 4.90 Å². The third-order valence-electron chi connectivity index (χ3n) is 4.44. The summed E-state index contributed by atoms with van der Waals surface area (Å²) in [7, 11) is 0. The quantitative estimate of drug-likeness (QED) is 0.666. The lowest BCUT2D eigenvalue weighted by Gasteiger charge is -2.33. The Morgan fingerprint density at radius 3 is 2.54 bits per heavy atom. The number of piperazine rings is 1. The van der Waals surface area contributed by atoms with Gasteiger partial charge in [-0.1, -0.05) is 6.92 Å². The molecule has 0 radical (unpaired) electrons. The first-order valence-electron chi connectivity index (χ1n) is 8.71. The number of benzene rings is 1. The first kappa shape index (κ1) is 17.5. The van der Waals surface area contributed by atoms with E-state index >= 15 is 0 Å². The highest BCUT2D eigenvalue weighted by atomic mass is 32.1. The molecule has 0 amide bonds. The van der Waals surface area contributed by atoms with Crippen LogP contribution in [0.25, 0.3) is 10.6 Å². The Hall–Kier alpha value is -1.90. The summed E-state index contributed by atoms with van der Waals surface area (Å²) in [6.45, 7) is 6.84. The Balaban J connectivity index is 1.34. The normalized spacial score (nSPS) is 15.5. The number of aromatic nitrogens is 3. The van der Waals surface area contributed by atoms with Gasteiger partial charge in [0.1, 0.15) is 16.6 Å². The highest BCUT2D eigenvalue weighted by Crippen LogP contribution is 2.25. The van der Waals surface area contributed by atoms with Crippen LogP contribution in [0.4, 0.5) is 9.52 Å². The molecule has 0 saturated carbocycles. The largest absolute Gasteiger partial charge is 0.344 e. The summed E-state index contributed by atoms with van der Waals surface area (Å²) in [6.07, 6.45) is 0.886. The number of nitrogens with zero attached hydrogens (tertiary/aromatic N) is 5. The minimum atomic E-state index is -0.218. The van der Waals surface area contributed by atoms with Crippen LogP contribution in [0.3, 0.4) is 0 Å². The van der Waals surface area contributed by atoms with E-state index in [0.29, 0.717) is 0 Å². The number of aryl methyl sites for hydroxylation is 1. The van der Waals surface area contributed by atoms with Gasteiger partial charge in [0.25, 0.3) is 0 Å². The van der Waals surface area contributed by atoms with Crippen LogP contribution >= 0.6 is 22.9 Å². The molecule has 1 saturated heterocycles. The summed E-state index contributed by atoms with van der Waals surface area (Å²) < 4.78 is 17.4. The summed E-state index contributed by atoms with van der Waals surface area (Å²) in [4.78, 5) is 14.0. The average Bonchev–Trinajstić information content (AvgIpc) is 3.33. The molecule has 136 valence electrons. The van der Waals surface area contributed by atoms with Crippen LogP contribution < -0.4 is 4.90 Å². The molecule has 26 heavy (non-hydrogen) atoms. The predicted molar refractivity (Wildman–Crippen MR) is 104 cm³/mol. The van der Waals surface area contributed by atoms with Gasteiger partial charge < -0.3 is 4.90 Å². The monoisotopic (exact) mass is 389 g/mol. The minimum absolute atomic E-state index is 0.218. The van der Waals surface area contributed by atoms with Crippen LogP contribution in [0.1, 0.15) is 18.4 Å². The smallest absolute Gasteiger partial charge is 0.205 e. The van der Waals surface area contributed by atoms with Crippen molar-refractivity contribution in [2.24, 2.45) is 0 Å². The highest BCUT2D eigenvalue weighted by Gasteiger charge is 2.20. The second-order valence-electron chi connectivity index (χ2n) is 6.26. The highest BCUT2D eigenvalue weighted by molar-refractivity contribution is 7.13. The molecule has 1 aromatic carbocycles. The molecule has 4 rings (SSSR count). The third-order valence-corrected chi connectivity index (χ3v) is 6.20. The van der Waals surface area contributed by atoms with E-state index in [4.69, 9.17) is 4.98 Å². The Labute approximate surface area is 160 Å². The Bertz CT molecular complexity index is 853. The van der Waals surface area contributed by atoms with Crippen molar-refractivity contribution in [2.75, 3.05) is 31.1 Å². The van der Waals surface area contributed by atoms with Crippen molar-refractivity contribution in [3.63, 3.8) is 0 Å². The first-order valence-corrected chi connectivity index (χ1v) is 10.4. The molecule has 0 spiro atoms. The third kappa shape index (κ3) is 3.92. The minimum Gasteiger partial charge on any atom is -0.344 e. The van der Waals surface area contributed by atoms with Crippen LogP contribution in [0, 0.1) is 5.82 Å². The van der Waals surface area contributed by atoms with Crippen LogP contribution in [0.5, 0.6) is 0 Å². The zero-order valence-electron chi connectivity index (χ0n) is 14.6. The molecule has 3 heterocycles. The SMILES string of the molecule is CCc1nsc(N2CCN(Cc3csc(-c4ccc(F)cc4)n3)CC2)n1. The van der Waals surface area contributed by atoms with Gasteiger partial charge in [-0.05, 0) is 24.3 Å². The van der Waals surface area contributed by atoms with Gasteiger partial charge >= 0.3 is 0 Å². The summed E-state index contributed by atoms with van der Waals surface area (Å²) >= 11 is 3.11. The van der Waals surface area contributed by atoms with Gasteiger partial charge in [0.2, 0.25) is 5.13 Å². The van der Waals surface area contributed by atoms with Gasteiger partial charge in [0.15, 0.2) is 0 Å². The average molecular weight is 390 g/mol. The summed E-state index contributed by atoms with van der Waals surface area (Å²) in [5.74, 6) is 0.716. The van der Waals surface area contributed by atoms with E-state index in [0.717, 1.165) is 66.4 Å². The topological polar surface area (TPSA) is 45.2 Å². The number of hydrogen-bond donors (Lipinski definition) is 0. The van der Waals surface area contributed by atoms with Crippen molar-refractivity contribution in [3.8, 4) is 10.6 Å². The summed E-state index contributed by atoms with van der Waals surface area (Å²) in [5, 5.41) is 4.08. The second kappa shape index (κ2) is 7.77. The molecule has 1 fully saturated rings. The lowest BCUT2D eigenvalue weighted by Crippen LogP contribution is -2.46. The molecule has 8 heteroatoms. The molecule has 0 bridgehead atoms. The van der Waals surface area contributed by atoms with Crippen molar-refractivity contribution < 1.29 is 4.39 Å². The van der Waals surface area contributed by atoms with Gasteiger partial charge in [0, 0.05) is 61.6 Å². The Morgan fingerprint density at radius 2 is 1.85 bits per heavy atom.